The first-order valence-corrected chi connectivity index (χ1v) is 6.81. The second-order valence-electron chi connectivity index (χ2n) is 6.09. The molecule has 0 bridgehead atoms. The molecular formula is C16H23NO2. The zero-order valence-electron chi connectivity index (χ0n) is 12.5. The highest BCUT2D eigenvalue weighted by Crippen LogP contribution is 2.44. The van der Waals surface area contributed by atoms with Crippen LogP contribution in [0.25, 0.3) is 0 Å². The maximum atomic E-state index is 11.7. The molecule has 0 unspecified atom stereocenters. The van der Waals surface area contributed by atoms with Gasteiger partial charge in [-0.25, -0.2) is 0 Å². The number of carbonyl (C=O) groups excluding carboxylic acids is 1. The summed E-state index contributed by atoms with van der Waals surface area (Å²) in [6.07, 6.45) is 1.04. The SMILES string of the molecule is COC(=O)CN1c2c(C)cccc2[C@@H](C)CC1(C)C. The zero-order valence-corrected chi connectivity index (χ0v) is 12.5. The summed E-state index contributed by atoms with van der Waals surface area (Å²) in [5, 5.41) is 0. The average molecular weight is 261 g/mol. The van der Waals surface area contributed by atoms with Crippen LogP contribution in [0.3, 0.4) is 0 Å². The van der Waals surface area contributed by atoms with Crippen molar-refractivity contribution in [3.05, 3.63) is 29.3 Å². The van der Waals surface area contributed by atoms with Crippen LogP contribution in [0, 0.1) is 6.92 Å². The van der Waals surface area contributed by atoms with E-state index in [0.29, 0.717) is 12.5 Å². The van der Waals surface area contributed by atoms with E-state index in [1.54, 1.807) is 0 Å². The van der Waals surface area contributed by atoms with Gasteiger partial charge in [-0.3, -0.25) is 4.79 Å². The molecule has 2 rings (SSSR count). The van der Waals surface area contributed by atoms with Crippen LogP contribution < -0.4 is 4.90 Å². The molecule has 0 amide bonds. The Bertz CT molecular complexity index is 494. The fraction of sp³-hybridized carbons (Fsp3) is 0.562. The molecule has 0 fully saturated rings. The molecule has 19 heavy (non-hydrogen) atoms. The molecule has 0 aromatic heterocycles. The van der Waals surface area contributed by atoms with E-state index in [1.807, 2.05) is 0 Å². The van der Waals surface area contributed by atoms with E-state index in [4.69, 9.17) is 4.74 Å². The molecule has 0 saturated carbocycles. The van der Waals surface area contributed by atoms with Crippen molar-refractivity contribution < 1.29 is 9.53 Å². The topological polar surface area (TPSA) is 29.5 Å². The lowest BCUT2D eigenvalue weighted by Gasteiger charge is -2.47. The van der Waals surface area contributed by atoms with Crippen molar-refractivity contribution >= 4 is 11.7 Å². The van der Waals surface area contributed by atoms with Gasteiger partial charge >= 0.3 is 5.97 Å². The fourth-order valence-corrected chi connectivity index (χ4v) is 3.21. The quantitative estimate of drug-likeness (QED) is 0.765. The van der Waals surface area contributed by atoms with Gasteiger partial charge in [0.05, 0.1) is 7.11 Å². The molecule has 104 valence electrons. The third-order valence-electron chi connectivity index (χ3n) is 4.12. The van der Waals surface area contributed by atoms with Crippen LogP contribution in [0.1, 0.15) is 44.2 Å². The van der Waals surface area contributed by atoms with Gasteiger partial charge < -0.3 is 9.64 Å². The van der Waals surface area contributed by atoms with E-state index in [-0.39, 0.29) is 11.5 Å². The summed E-state index contributed by atoms with van der Waals surface area (Å²) in [5.41, 5.74) is 3.73. The molecule has 0 spiro atoms. The van der Waals surface area contributed by atoms with Crippen molar-refractivity contribution in [3.8, 4) is 0 Å². The first-order valence-electron chi connectivity index (χ1n) is 6.81. The van der Waals surface area contributed by atoms with E-state index in [9.17, 15) is 4.79 Å². The van der Waals surface area contributed by atoms with E-state index in [0.717, 1.165) is 6.42 Å². The highest BCUT2D eigenvalue weighted by Gasteiger charge is 2.38. The van der Waals surface area contributed by atoms with Gasteiger partial charge in [0.15, 0.2) is 0 Å². The number of hydrogen-bond donors (Lipinski definition) is 0. The molecule has 1 aromatic rings. The van der Waals surface area contributed by atoms with Crippen LogP contribution in [0.4, 0.5) is 5.69 Å². The number of nitrogens with zero attached hydrogens (tertiary/aromatic N) is 1. The molecule has 0 aliphatic carbocycles. The third-order valence-corrected chi connectivity index (χ3v) is 4.12. The first-order chi connectivity index (χ1) is 8.86. The van der Waals surface area contributed by atoms with Gasteiger partial charge in [0.2, 0.25) is 0 Å². The summed E-state index contributed by atoms with van der Waals surface area (Å²) in [7, 11) is 1.45. The minimum atomic E-state index is -0.183. The summed E-state index contributed by atoms with van der Waals surface area (Å²) in [6, 6.07) is 6.38. The Hall–Kier alpha value is -1.51. The second-order valence-corrected chi connectivity index (χ2v) is 6.09. The Kier molecular flexibility index (Phi) is 3.57. The Morgan fingerprint density at radius 2 is 2.16 bits per heavy atom. The highest BCUT2D eigenvalue weighted by atomic mass is 16.5. The van der Waals surface area contributed by atoms with Crippen LogP contribution in [0.15, 0.2) is 18.2 Å². The van der Waals surface area contributed by atoms with Crippen molar-refractivity contribution in [3.63, 3.8) is 0 Å². The van der Waals surface area contributed by atoms with Gasteiger partial charge in [-0.2, -0.15) is 0 Å². The minimum Gasteiger partial charge on any atom is -0.468 e. The van der Waals surface area contributed by atoms with Crippen LogP contribution >= 0.6 is 0 Å². The van der Waals surface area contributed by atoms with Crippen molar-refractivity contribution in [2.75, 3.05) is 18.6 Å². The van der Waals surface area contributed by atoms with Crippen molar-refractivity contribution in [1.82, 2.24) is 0 Å². The number of rotatable bonds is 2. The van der Waals surface area contributed by atoms with E-state index in [2.05, 4.69) is 50.8 Å². The monoisotopic (exact) mass is 261 g/mol. The highest BCUT2D eigenvalue weighted by molar-refractivity contribution is 5.78. The molecule has 1 aliphatic rings. The number of fused-ring (bicyclic) bond motifs is 1. The Morgan fingerprint density at radius 1 is 1.47 bits per heavy atom. The Morgan fingerprint density at radius 3 is 2.79 bits per heavy atom. The summed E-state index contributed by atoms with van der Waals surface area (Å²) < 4.78 is 4.85. The molecule has 0 radical (unpaired) electrons. The van der Waals surface area contributed by atoms with Crippen LogP contribution in [-0.4, -0.2) is 25.2 Å². The number of hydrogen-bond acceptors (Lipinski definition) is 3. The van der Waals surface area contributed by atoms with Crippen molar-refractivity contribution in [1.29, 1.82) is 0 Å². The molecule has 1 aliphatic heterocycles. The number of aryl methyl sites for hydroxylation is 1. The lowest BCUT2D eigenvalue weighted by atomic mass is 9.79. The summed E-state index contributed by atoms with van der Waals surface area (Å²) >= 11 is 0. The molecule has 0 saturated heterocycles. The third kappa shape index (κ3) is 2.46. The lowest BCUT2D eigenvalue weighted by Crippen LogP contribution is -2.51. The first kappa shape index (κ1) is 13.9. The van der Waals surface area contributed by atoms with Gasteiger partial charge in [-0.15, -0.1) is 0 Å². The molecule has 1 aromatic carbocycles. The summed E-state index contributed by atoms with van der Waals surface area (Å²) in [5.74, 6) is 0.329. The van der Waals surface area contributed by atoms with E-state index < -0.39 is 0 Å². The van der Waals surface area contributed by atoms with Crippen LogP contribution in [0.2, 0.25) is 0 Å². The smallest absolute Gasteiger partial charge is 0.325 e. The van der Waals surface area contributed by atoms with Crippen molar-refractivity contribution in [2.24, 2.45) is 0 Å². The number of anilines is 1. The number of benzene rings is 1. The molecule has 3 heteroatoms. The standard InChI is InChI=1S/C16H23NO2/c1-11-7-6-8-13-12(2)9-16(3,4)17(15(11)13)10-14(18)19-5/h6-8,12H,9-10H2,1-5H3/t12-/m0/s1. The maximum Gasteiger partial charge on any atom is 0.325 e. The predicted octanol–water partition coefficient (Wildman–Crippen LogP) is 3.26. The molecular weight excluding hydrogens is 238 g/mol. The van der Waals surface area contributed by atoms with Crippen LogP contribution in [0.5, 0.6) is 0 Å². The predicted molar refractivity (Wildman–Crippen MR) is 77.7 cm³/mol. The number of esters is 1. The minimum absolute atomic E-state index is 0.0350. The fourth-order valence-electron chi connectivity index (χ4n) is 3.21. The molecule has 3 nitrogen and oxygen atoms in total. The molecule has 0 N–H and O–H groups in total. The van der Waals surface area contributed by atoms with Gasteiger partial charge in [0, 0.05) is 11.2 Å². The van der Waals surface area contributed by atoms with Gasteiger partial charge in [0.1, 0.15) is 6.54 Å². The van der Waals surface area contributed by atoms with Crippen LogP contribution in [-0.2, 0) is 9.53 Å². The summed E-state index contributed by atoms with van der Waals surface area (Å²) in [4.78, 5) is 13.9. The normalized spacial score (nSPS) is 20.9. The number of carbonyl (C=O) groups is 1. The zero-order chi connectivity index (χ0) is 14.2. The average Bonchev–Trinajstić information content (AvgIpc) is 2.33. The van der Waals surface area contributed by atoms with Gasteiger partial charge in [-0.1, -0.05) is 25.1 Å². The largest absolute Gasteiger partial charge is 0.468 e. The number of para-hydroxylation sites is 1. The molecule has 1 atom stereocenters. The summed E-state index contributed by atoms with van der Waals surface area (Å²) in [6.45, 7) is 9.07. The van der Waals surface area contributed by atoms with E-state index in [1.165, 1.54) is 23.9 Å². The Labute approximate surface area is 115 Å². The maximum absolute atomic E-state index is 11.7. The van der Waals surface area contributed by atoms with E-state index >= 15 is 0 Å². The van der Waals surface area contributed by atoms with Gasteiger partial charge in [-0.05, 0) is 44.2 Å². The Balaban J connectivity index is 2.51. The number of ether oxygens (including phenoxy) is 1. The van der Waals surface area contributed by atoms with Crippen molar-refractivity contribution in [2.45, 2.75) is 45.6 Å². The second kappa shape index (κ2) is 4.87. The number of methoxy groups -OCH3 is 1. The van der Waals surface area contributed by atoms with Gasteiger partial charge in [0.25, 0.3) is 0 Å². The lowest BCUT2D eigenvalue weighted by molar-refractivity contribution is -0.139. The molecule has 1 heterocycles.